The second kappa shape index (κ2) is 3.37. The molecule has 2 rings (SSSR count). The van der Waals surface area contributed by atoms with Crippen LogP contribution in [-0.2, 0) is 14.3 Å². The van der Waals surface area contributed by atoms with Crippen LogP contribution in [0.3, 0.4) is 0 Å². The molecule has 0 spiro atoms. The van der Waals surface area contributed by atoms with Crippen molar-refractivity contribution < 1.29 is 19.4 Å². The smallest absolute Gasteiger partial charge is 0.215 e. The first-order chi connectivity index (χ1) is 6.73. The van der Waals surface area contributed by atoms with E-state index in [1.807, 2.05) is 0 Å². The topological polar surface area (TPSA) is 55.8 Å². The highest BCUT2D eigenvalue weighted by atomic mass is 16.7. The van der Waals surface area contributed by atoms with Crippen LogP contribution in [0, 0.1) is 5.92 Å². The van der Waals surface area contributed by atoms with Crippen LogP contribution in [0.2, 0.25) is 0 Å². The lowest BCUT2D eigenvalue weighted by Crippen LogP contribution is -2.47. The van der Waals surface area contributed by atoms with Gasteiger partial charge in [0, 0.05) is 13.5 Å². The molecule has 0 bridgehead atoms. The highest BCUT2D eigenvalue weighted by molar-refractivity contribution is 5.74. The van der Waals surface area contributed by atoms with Gasteiger partial charge in [-0.15, -0.1) is 0 Å². The van der Waals surface area contributed by atoms with Gasteiger partial charge in [0.15, 0.2) is 6.29 Å². The van der Waals surface area contributed by atoms with Crippen LogP contribution in [0.1, 0.15) is 19.3 Å². The van der Waals surface area contributed by atoms with E-state index < -0.39 is 11.9 Å². The Bertz CT molecular complexity index is 273. The monoisotopic (exact) mass is 198 g/mol. The zero-order valence-electron chi connectivity index (χ0n) is 8.10. The lowest BCUT2D eigenvalue weighted by Gasteiger charge is -2.39. The summed E-state index contributed by atoms with van der Waals surface area (Å²) in [5.74, 6) is -0.816. The van der Waals surface area contributed by atoms with Crippen molar-refractivity contribution >= 4 is 6.29 Å². The summed E-state index contributed by atoms with van der Waals surface area (Å²) in [6.07, 6.45) is 3.78. The molecule has 0 saturated heterocycles. The number of carbonyl (C=O) groups is 1. The minimum atomic E-state index is -0.747. The minimum Gasteiger partial charge on any atom is -0.469 e. The van der Waals surface area contributed by atoms with Crippen molar-refractivity contribution in [2.24, 2.45) is 5.92 Å². The van der Waals surface area contributed by atoms with Crippen molar-refractivity contribution in [1.29, 1.82) is 0 Å². The van der Waals surface area contributed by atoms with Gasteiger partial charge in [0.25, 0.3) is 0 Å². The van der Waals surface area contributed by atoms with Crippen molar-refractivity contribution in [3.8, 4) is 0 Å². The maximum Gasteiger partial charge on any atom is 0.215 e. The fourth-order valence-electron chi connectivity index (χ4n) is 2.39. The third kappa shape index (κ3) is 1.18. The number of rotatable bonds is 2. The Morgan fingerprint density at radius 3 is 3.21 bits per heavy atom. The zero-order valence-corrected chi connectivity index (χ0v) is 8.10. The Labute approximate surface area is 82.5 Å². The molecular formula is C10H14O4. The molecule has 1 aliphatic heterocycles. The molecule has 4 nitrogen and oxygen atoms in total. The number of hydrogen-bond donors (Lipinski definition) is 1. The van der Waals surface area contributed by atoms with Crippen molar-refractivity contribution in [3.63, 3.8) is 0 Å². The minimum absolute atomic E-state index is 0.113. The van der Waals surface area contributed by atoms with Gasteiger partial charge < -0.3 is 14.6 Å². The first kappa shape index (κ1) is 9.68. The molecule has 3 atom stereocenters. The van der Waals surface area contributed by atoms with Gasteiger partial charge in [-0.1, -0.05) is 0 Å². The quantitative estimate of drug-likeness (QED) is 0.660. The molecule has 1 heterocycles. The maximum atomic E-state index is 10.6. The van der Waals surface area contributed by atoms with Crippen molar-refractivity contribution in [1.82, 2.24) is 0 Å². The molecule has 0 aromatic carbocycles. The fourth-order valence-corrected chi connectivity index (χ4v) is 2.39. The Balaban J connectivity index is 2.30. The molecule has 14 heavy (non-hydrogen) atoms. The van der Waals surface area contributed by atoms with Crippen LogP contribution in [0.15, 0.2) is 11.8 Å². The van der Waals surface area contributed by atoms with Gasteiger partial charge in [0.2, 0.25) is 5.79 Å². The maximum absolute atomic E-state index is 10.6. The van der Waals surface area contributed by atoms with Gasteiger partial charge in [-0.05, 0) is 12.8 Å². The van der Waals surface area contributed by atoms with Crippen LogP contribution in [-0.4, -0.2) is 30.4 Å². The zero-order chi connectivity index (χ0) is 10.2. The molecule has 0 aromatic heterocycles. The van der Waals surface area contributed by atoms with Crippen molar-refractivity contribution in [3.05, 3.63) is 11.8 Å². The van der Waals surface area contributed by atoms with Gasteiger partial charge in [-0.25, -0.2) is 0 Å². The number of aliphatic hydroxyl groups is 1. The van der Waals surface area contributed by atoms with Crippen LogP contribution in [0.4, 0.5) is 0 Å². The molecule has 4 heteroatoms. The van der Waals surface area contributed by atoms with Gasteiger partial charge in [-0.3, -0.25) is 4.79 Å². The average molecular weight is 198 g/mol. The van der Waals surface area contributed by atoms with E-state index in [2.05, 4.69) is 0 Å². The van der Waals surface area contributed by atoms with Gasteiger partial charge in [-0.2, -0.15) is 0 Å². The van der Waals surface area contributed by atoms with E-state index in [1.165, 1.54) is 6.26 Å². The van der Waals surface area contributed by atoms with E-state index in [9.17, 15) is 9.90 Å². The second-order valence-electron chi connectivity index (χ2n) is 3.81. The molecule has 1 saturated carbocycles. The molecule has 0 aromatic rings. The number of methoxy groups -OCH3 is 1. The van der Waals surface area contributed by atoms with E-state index in [1.54, 1.807) is 7.11 Å². The SMILES string of the molecule is CO[C@@]12CCC[C@@H]1[C@H](O)C(C=O)=CO2. The predicted octanol–water partition coefficient (Wildman–Crippen LogP) is 0.603. The normalized spacial score (nSPS) is 41.1. The fraction of sp³-hybridized carbons (Fsp3) is 0.700. The standard InChI is InChI=1S/C10H14O4/c1-13-10-4-2-3-8(10)9(12)7(5-11)6-14-10/h5-6,8-9,12H,2-4H2,1H3/t8-,9-,10-/m1/s1. The number of ether oxygens (including phenoxy) is 2. The second-order valence-corrected chi connectivity index (χ2v) is 3.81. The third-order valence-corrected chi connectivity index (χ3v) is 3.20. The Morgan fingerprint density at radius 2 is 2.57 bits per heavy atom. The van der Waals surface area contributed by atoms with Gasteiger partial charge in [0.1, 0.15) is 0 Å². The van der Waals surface area contributed by atoms with Gasteiger partial charge in [0.05, 0.1) is 23.9 Å². The van der Waals surface area contributed by atoms with E-state index in [0.717, 1.165) is 19.3 Å². The first-order valence-electron chi connectivity index (χ1n) is 4.80. The first-order valence-corrected chi connectivity index (χ1v) is 4.80. The third-order valence-electron chi connectivity index (χ3n) is 3.20. The van der Waals surface area contributed by atoms with Crippen LogP contribution >= 0.6 is 0 Å². The molecule has 1 fully saturated rings. The van der Waals surface area contributed by atoms with Crippen LogP contribution < -0.4 is 0 Å². The van der Waals surface area contributed by atoms with E-state index in [4.69, 9.17) is 9.47 Å². The van der Waals surface area contributed by atoms with Crippen molar-refractivity contribution in [2.75, 3.05) is 7.11 Å². The molecule has 0 amide bonds. The summed E-state index contributed by atoms with van der Waals surface area (Å²) in [5.41, 5.74) is 0.310. The largest absolute Gasteiger partial charge is 0.469 e. The molecule has 78 valence electrons. The summed E-state index contributed by atoms with van der Waals surface area (Å²) in [6.45, 7) is 0. The highest BCUT2D eigenvalue weighted by Crippen LogP contribution is 2.45. The average Bonchev–Trinajstić information content (AvgIpc) is 2.64. The molecule has 1 N–H and O–H groups in total. The summed E-state index contributed by atoms with van der Waals surface area (Å²) in [5, 5.41) is 9.88. The molecule has 0 radical (unpaired) electrons. The number of hydrogen-bond acceptors (Lipinski definition) is 4. The Hall–Kier alpha value is -0.870. The number of carbonyl (C=O) groups excluding carboxylic acids is 1. The summed E-state index contributed by atoms with van der Waals surface area (Å²) in [7, 11) is 1.57. The van der Waals surface area contributed by atoms with Crippen LogP contribution in [0.5, 0.6) is 0 Å². The van der Waals surface area contributed by atoms with Crippen molar-refractivity contribution in [2.45, 2.75) is 31.2 Å². The molecule has 1 aliphatic carbocycles. The van der Waals surface area contributed by atoms with Gasteiger partial charge >= 0.3 is 0 Å². The Morgan fingerprint density at radius 1 is 1.79 bits per heavy atom. The van der Waals surface area contributed by atoms with E-state index in [0.29, 0.717) is 11.9 Å². The number of fused-ring (bicyclic) bond motifs is 1. The lowest BCUT2D eigenvalue weighted by molar-refractivity contribution is -0.235. The molecular weight excluding hydrogens is 184 g/mol. The summed E-state index contributed by atoms with van der Waals surface area (Å²) in [6, 6.07) is 0. The molecule has 0 unspecified atom stereocenters. The Kier molecular flexibility index (Phi) is 2.33. The summed E-state index contributed by atoms with van der Waals surface area (Å²) in [4.78, 5) is 10.6. The summed E-state index contributed by atoms with van der Waals surface area (Å²) >= 11 is 0. The number of aldehydes is 1. The van der Waals surface area contributed by atoms with E-state index in [-0.39, 0.29) is 5.92 Å². The highest BCUT2D eigenvalue weighted by Gasteiger charge is 2.51. The molecule has 2 aliphatic rings. The van der Waals surface area contributed by atoms with Crippen LogP contribution in [0.25, 0.3) is 0 Å². The summed E-state index contributed by atoms with van der Waals surface area (Å²) < 4.78 is 10.8. The number of aliphatic hydroxyl groups excluding tert-OH is 1. The predicted molar refractivity (Wildman–Crippen MR) is 48.3 cm³/mol. The lowest BCUT2D eigenvalue weighted by atomic mass is 9.89. The van der Waals surface area contributed by atoms with E-state index >= 15 is 0 Å².